The second kappa shape index (κ2) is 10.0. The molecule has 0 aromatic heterocycles. The maximum Gasteiger partial charge on any atom is 0.303 e. The molecule has 192 valence electrons. The van der Waals surface area contributed by atoms with Crippen LogP contribution in [0.15, 0.2) is 36.4 Å². The third-order valence-corrected chi connectivity index (χ3v) is 6.26. The minimum absolute atomic E-state index is 0.231. The highest BCUT2D eigenvalue weighted by Gasteiger charge is 2.42. The third-order valence-electron chi connectivity index (χ3n) is 6.26. The Bertz CT molecular complexity index is 1370. The zero-order valence-corrected chi connectivity index (χ0v) is 21.1. The minimum Gasteiger partial charge on any atom is -0.482 e. The van der Waals surface area contributed by atoms with E-state index in [1.54, 1.807) is 44.2 Å². The molecule has 0 saturated carbocycles. The topological polar surface area (TPSA) is 122 Å². The summed E-state index contributed by atoms with van der Waals surface area (Å²) in [5.74, 6) is -2.13. The van der Waals surface area contributed by atoms with Gasteiger partial charge in [-0.25, -0.2) is 0 Å². The minimum atomic E-state index is -1.08. The smallest absolute Gasteiger partial charge is 0.303 e. The van der Waals surface area contributed by atoms with Crippen LogP contribution in [-0.4, -0.2) is 54.4 Å². The molecule has 0 saturated heterocycles. The molecule has 2 aliphatic rings. The third kappa shape index (κ3) is 4.89. The number of hydrogen-bond donors (Lipinski definition) is 0. The molecule has 0 amide bonds. The number of hydrogen-bond acceptors (Lipinski definition) is 9. The fourth-order valence-electron chi connectivity index (χ4n) is 4.73. The van der Waals surface area contributed by atoms with Crippen molar-refractivity contribution in [3.8, 4) is 0 Å². The molecular weight excluding hydrogens is 480 g/mol. The van der Waals surface area contributed by atoms with E-state index in [0.717, 1.165) is 0 Å². The van der Waals surface area contributed by atoms with E-state index in [9.17, 15) is 24.0 Å². The molecule has 9 heteroatoms. The van der Waals surface area contributed by atoms with Gasteiger partial charge in [0.05, 0.1) is 0 Å². The van der Waals surface area contributed by atoms with Gasteiger partial charge in [-0.05, 0) is 31.0 Å². The lowest BCUT2D eigenvalue weighted by Crippen LogP contribution is -2.48. The highest BCUT2D eigenvalue weighted by Crippen LogP contribution is 2.38. The Morgan fingerprint density at radius 1 is 0.838 bits per heavy atom. The fourth-order valence-corrected chi connectivity index (χ4v) is 4.73. The van der Waals surface area contributed by atoms with E-state index in [0.29, 0.717) is 33.4 Å². The molecule has 1 aliphatic heterocycles. The van der Waals surface area contributed by atoms with Gasteiger partial charge in [0.1, 0.15) is 12.4 Å². The summed E-state index contributed by atoms with van der Waals surface area (Å²) in [4.78, 5) is 61.9. The van der Waals surface area contributed by atoms with Crippen LogP contribution in [0.1, 0.15) is 69.3 Å². The van der Waals surface area contributed by atoms with Crippen LogP contribution >= 0.6 is 0 Å². The Labute approximate surface area is 213 Å². The lowest BCUT2D eigenvalue weighted by Gasteiger charge is -2.36. The molecule has 0 radical (unpaired) electrons. The predicted molar refractivity (Wildman–Crippen MR) is 130 cm³/mol. The molecule has 9 nitrogen and oxygen atoms in total. The van der Waals surface area contributed by atoms with Gasteiger partial charge in [-0.15, -0.1) is 0 Å². The largest absolute Gasteiger partial charge is 0.482 e. The Hall–Kier alpha value is -4.27. The maximum absolute atomic E-state index is 13.5. The zero-order valence-electron chi connectivity index (χ0n) is 21.1. The molecule has 1 heterocycles. The van der Waals surface area contributed by atoms with E-state index in [-0.39, 0.29) is 29.5 Å². The van der Waals surface area contributed by atoms with E-state index in [4.69, 9.17) is 18.9 Å². The maximum atomic E-state index is 13.5. The van der Waals surface area contributed by atoms with Gasteiger partial charge in [0.25, 0.3) is 0 Å². The molecule has 37 heavy (non-hydrogen) atoms. The van der Waals surface area contributed by atoms with Crippen LogP contribution in [0.5, 0.6) is 0 Å². The van der Waals surface area contributed by atoms with Gasteiger partial charge in [0.2, 0.25) is 0 Å². The summed E-state index contributed by atoms with van der Waals surface area (Å²) in [6.07, 6.45) is -1.67. The number of fused-ring (bicyclic) bond motifs is 2. The number of benzene rings is 2. The quantitative estimate of drug-likeness (QED) is 0.379. The highest BCUT2D eigenvalue weighted by molar-refractivity contribution is 6.29. The van der Waals surface area contributed by atoms with Gasteiger partial charge in [-0.1, -0.05) is 24.3 Å². The molecule has 3 atom stereocenters. The summed E-state index contributed by atoms with van der Waals surface area (Å²) in [6, 6.07) is 8.38. The molecule has 0 spiro atoms. The Morgan fingerprint density at radius 2 is 1.43 bits per heavy atom. The summed E-state index contributed by atoms with van der Waals surface area (Å²) in [5.41, 5.74) is 2.82. The van der Waals surface area contributed by atoms with Crippen molar-refractivity contribution >= 4 is 35.2 Å². The van der Waals surface area contributed by atoms with Gasteiger partial charge >= 0.3 is 17.9 Å². The van der Waals surface area contributed by atoms with Crippen LogP contribution in [-0.2, 0) is 33.3 Å². The molecule has 2 aromatic carbocycles. The zero-order chi connectivity index (χ0) is 27.0. The molecule has 4 rings (SSSR count). The first-order valence-corrected chi connectivity index (χ1v) is 11.7. The van der Waals surface area contributed by atoms with Crippen molar-refractivity contribution in [1.29, 1.82) is 0 Å². The first-order chi connectivity index (χ1) is 17.5. The number of aryl methyl sites for hydroxylation is 1. The molecule has 0 N–H and O–H groups in total. The molecule has 0 unspecified atom stereocenters. The van der Waals surface area contributed by atoms with E-state index >= 15 is 0 Å². The van der Waals surface area contributed by atoms with Gasteiger partial charge in [-0.2, -0.15) is 0 Å². The second-order valence-electron chi connectivity index (χ2n) is 8.96. The number of ether oxygens (including phenoxy) is 4. The summed E-state index contributed by atoms with van der Waals surface area (Å²) < 4.78 is 22.0. The average Bonchev–Trinajstić information content (AvgIpc) is 2.83. The molecule has 0 bridgehead atoms. The van der Waals surface area contributed by atoms with Crippen LogP contribution in [0.3, 0.4) is 0 Å². The summed E-state index contributed by atoms with van der Waals surface area (Å²) in [6.45, 7) is 6.79. The molecule has 1 aliphatic carbocycles. The molecule has 2 aromatic rings. The fraction of sp³-hybridized carbons (Fsp3) is 0.321. The van der Waals surface area contributed by atoms with Crippen molar-refractivity contribution in [2.24, 2.45) is 0 Å². The van der Waals surface area contributed by atoms with Gasteiger partial charge in [0.15, 0.2) is 29.9 Å². The van der Waals surface area contributed by atoms with Gasteiger partial charge in [0, 0.05) is 54.7 Å². The van der Waals surface area contributed by atoms with Crippen LogP contribution < -0.4 is 0 Å². The van der Waals surface area contributed by atoms with E-state index in [1.165, 1.54) is 26.8 Å². The first kappa shape index (κ1) is 25.8. The van der Waals surface area contributed by atoms with Crippen LogP contribution in [0.2, 0.25) is 0 Å². The van der Waals surface area contributed by atoms with Crippen molar-refractivity contribution < 1.29 is 42.9 Å². The van der Waals surface area contributed by atoms with E-state index in [2.05, 4.69) is 0 Å². The lowest BCUT2D eigenvalue weighted by molar-refractivity contribution is -0.177. The van der Waals surface area contributed by atoms with E-state index < -0.39 is 36.2 Å². The van der Waals surface area contributed by atoms with Crippen LogP contribution in [0.4, 0.5) is 0 Å². The van der Waals surface area contributed by atoms with Gasteiger partial charge in [-0.3, -0.25) is 24.0 Å². The summed E-state index contributed by atoms with van der Waals surface area (Å²) in [7, 11) is 0. The normalized spacial score (nSPS) is 20.1. The summed E-state index contributed by atoms with van der Waals surface area (Å²) >= 11 is 0. The first-order valence-electron chi connectivity index (χ1n) is 11.7. The van der Waals surface area contributed by atoms with Crippen LogP contribution in [0.25, 0.3) is 5.76 Å². The second-order valence-corrected chi connectivity index (χ2v) is 8.96. The lowest BCUT2D eigenvalue weighted by atomic mass is 9.78. The van der Waals surface area contributed by atoms with Crippen molar-refractivity contribution in [1.82, 2.24) is 0 Å². The number of carbonyl (C=O) groups is 5. The van der Waals surface area contributed by atoms with Crippen molar-refractivity contribution in [2.75, 3.05) is 6.61 Å². The highest BCUT2D eigenvalue weighted by atomic mass is 16.6. The number of esters is 3. The Balaban J connectivity index is 1.85. The number of carbonyl (C=O) groups excluding carboxylic acids is 5. The number of ketones is 2. The average molecular weight is 507 g/mol. The van der Waals surface area contributed by atoms with Crippen molar-refractivity contribution in [3.63, 3.8) is 0 Å². The van der Waals surface area contributed by atoms with Crippen LogP contribution in [0, 0.1) is 13.8 Å². The monoisotopic (exact) mass is 506 g/mol. The van der Waals surface area contributed by atoms with Crippen molar-refractivity contribution in [3.05, 3.63) is 75.4 Å². The summed E-state index contributed by atoms with van der Waals surface area (Å²) in [5, 5.41) is 0. The SMILES string of the molecule is CC(=O)OC[C@H]1OC(c2cc(C)c3c(c2C)C(=O)c2ccccc2C3=O)=C[C@H](OC(C)=O)[C@@H]1OC(C)=O. The Kier molecular flexibility index (Phi) is 6.98. The number of rotatable bonds is 5. The van der Waals surface area contributed by atoms with Crippen molar-refractivity contribution in [2.45, 2.75) is 52.9 Å². The molecule has 0 fully saturated rings. The standard InChI is InChI=1S/C28H26O9/c1-13-10-20(14(2)25-24(13)26(32)18-8-6-7-9-19(18)27(25)33)21-11-22(35-16(4)30)28(36-17(5)31)23(37-21)12-34-15(3)29/h6-11,22-23,28H,12H2,1-5H3/t22-,23+,28-/m0/s1. The molecular formula is C28H26O9. The Morgan fingerprint density at radius 3 is 2.00 bits per heavy atom. The van der Waals surface area contributed by atoms with E-state index in [1.807, 2.05) is 0 Å². The van der Waals surface area contributed by atoms with Gasteiger partial charge < -0.3 is 18.9 Å². The predicted octanol–water partition coefficient (Wildman–Crippen LogP) is 3.25.